The lowest BCUT2D eigenvalue weighted by Crippen LogP contribution is -2.46. The van der Waals surface area contributed by atoms with Gasteiger partial charge in [-0.05, 0) is 37.5 Å². The first-order chi connectivity index (χ1) is 14.6. The number of halogens is 1. The number of rotatable bonds is 3. The van der Waals surface area contributed by atoms with E-state index in [1.54, 1.807) is 12.3 Å². The third kappa shape index (κ3) is 3.26. The number of amides is 1. The Bertz CT molecular complexity index is 1080. The van der Waals surface area contributed by atoms with Crippen molar-refractivity contribution in [3.63, 3.8) is 0 Å². The van der Waals surface area contributed by atoms with Crippen LogP contribution in [0.3, 0.4) is 0 Å². The summed E-state index contributed by atoms with van der Waals surface area (Å²) in [7, 11) is 0. The molecule has 0 saturated carbocycles. The first kappa shape index (κ1) is 18.9. The third-order valence-corrected chi connectivity index (χ3v) is 6.19. The maximum Gasteiger partial charge on any atom is 0.264 e. The van der Waals surface area contributed by atoms with E-state index in [1.165, 1.54) is 12.1 Å². The molecule has 1 aromatic heterocycles. The summed E-state index contributed by atoms with van der Waals surface area (Å²) in [6.45, 7) is 2.73. The predicted octanol–water partition coefficient (Wildman–Crippen LogP) is 4.83. The van der Waals surface area contributed by atoms with E-state index in [4.69, 9.17) is 4.74 Å². The van der Waals surface area contributed by atoms with Gasteiger partial charge in [-0.2, -0.15) is 0 Å². The first-order valence-corrected chi connectivity index (χ1v) is 10.5. The van der Waals surface area contributed by atoms with Gasteiger partial charge in [0.15, 0.2) is 6.10 Å². The van der Waals surface area contributed by atoms with E-state index < -0.39 is 6.10 Å². The van der Waals surface area contributed by atoms with Crippen LogP contribution in [0, 0.1) is 5.82 Å². The zero-order valence-electron chi connectivity index (χ0n) is 16.8. The van der Waals surface area contributed by atoms with Crippen LogP contribution in [0.1, 0.15) is 49.5 Å². The molecule has 5 nitrogen and oxygen atoms in total. The van der Waals surface area contributed by atoms with E-state index in [9.17, 15) is 9.18 Å². The molecule has 3 atom stereocenters. The molecule has 2 aromatic carbocycles. The maximum atomic E-state index is 13.6. The van der Waals surface area contributed by atoms with Gasteiger partial charge < -0.3 is 14.6 Å². The second-order valence-corrected chi connectivity index (χ2v) is 8.10. The number of piperidine rings is 1. The average molecular weight is 405 g/mol. The highest BCUT2D eigenvalue weighted by Crippen LogP contribution is 2.40. The van der Waals surface area contributed by atoms with Gasteiger partial charge in [0.25, 0.3) is 5.91 Å². The molecule has 2 aliphatic heterocycles. The number of nitrogens with one attached hydrogen (secondary N) is 1. The molecule has 0 aliphatic carbocycles. The summed E-state index contributed by atoms with van der Waals surface area (Å²) >= 11 is 0. The summed E-state index contributed by atoms with van der Waals surface area (Å²) in [6, 6.07) is 14.1. The van der Waals surface area contributed by atoms with Crippen molar-refractivity contribution in [2.75, 3.05) is 6.54 Å². The predicted molar refractivity (Wildman–Crippen MR) is 112 cm³/mol. The number of imidazole rings is 1. The van der Waals surface area contributed by atoms with Gasteiger partial charge >= 0.3 is 0 Å². The van der Waals surface area contributed by atoms with E-state index in [0.29, 0.717) is 6.54 Å². The Morgan fingerprint density at radius 3 is 2.90 bits per heavy atom. The van der Waals surface area contributed by atoms with E-state index >= 15 is 0 Å². The molecule has 0 spiro atoms. The molecular formula is C24H24FN3O2. The van der Waals surface area contributed by atoms with Crippen molar-refractivity contribution in [3.05, 3.63) is 71.9 Å². The molecule has 3 aromatic rings. The molecule has 0 bridgehead atoms. The second kappa shape index (κ2) is 7.59. The van der Waals surface area contributed by atoms with E-state index in [0.717, 1.165) is 47.7 Å². The van der Waals surface area contributed by atoms with E-state index in [-0.39, 0.29) is 23.7 Å². The van der Waals surface area contributed by atoms with Gasteiger partial charge in [0.1, 0.15) is 17.4 Å². The Hall–Kier alpha value is -3.15. The SMILES string of the molecule is CC1c2ccccc2OC1C(=O)N1CCCCC1c1ncc(-c2cccc(F)c2)[nH]1. The lowest BCUT2D eigenvalue weighted by molar-refractivity contribution is -0.142. The topological polar surface area (TPSA) is 58.2 Å². The highest BCUT2D eigenvalue weighted by molar-refractivity contribution is 5.84. The number of carbonyl (C=O) groups excluding carboxylic acids is 1. The molecule has 6 heteroatoms. The quantitative estimate of drug-likeness (QED) is 0.679. The molecule has 1 amide bonds. The number of para-hydroxylation sites is 1. The summed E-state index contributed by atoms with van der Waals surface area (Å²) in [5.74, 6) is 1.27. The van der Waals surface area contributed by atoms with Gasteiger partial charge in [0.05, 0.1) is 17.9 Å². The first-order valence-electron chi connectivity index (χ1n) is 10.5. The minimum Gasteiger partial charge on any atom is -0.480 e. The van der Waals surface area contributed by atoms with Crippen molar-refractivity contribution in [1.29, 1.82) is 0 Å². The summed E-state index contributed by atoms with van der Waals surface area (Å²) in [5, 5.41) is 0. The normalized spacial score (nSPS) is 23.1. The van der Waals surface area contributed by atoms with Crippen molar-refractivity contribution < 1.29 is 13.9 Å². The number of hydrogen-bond acceptors (Lipinski definition) is 3. The van der Waals surface area contributed by atoms with Crippen LogP contribution >= 0.6 is 0 Å². The Morgan fingerprint density at radius 1 is 1.20 bits per heavy atom. The number of hydrogen-bond donors (Lipinski definition) is 1. The molecule has 3 unspecified atom stereocenters. The monoisotopic (exact) mass is 405 g/mol. The Morgan fingerprint density at radius 2 is 2.07 bits per heavy atom. The minimum absolute atomic E-state index is 0.00658. The number of aromatic nitrogens is 2. The van der Waals surface area contributed by atoms with Crippen molar-refractivity contribution in [2.45, 2.75) is 44.2 Å². The van der Waals surface area contributed by atoms with Crippen LogP contribution in [0.2, 0.25) is 0 Å². The highest BCUT2D eigenvalue weighted by atomic mass is 19.1. The van der Waals surface area contributed by atoms with Crippen LogP contribution in [-0.2, 0) is 4.79 Å². The number of H-pyrrole nitrogens is 1. The number of nitrogens with zero attached hydrogens (tertiary/aromatic N) is 2. The molecule has 1 N–H and O–H groups in total. The summed E-state index contributed by atoms with van der Waals surface area (Å²) in [4.78, 5) is 23.3. The number of likely N-dealkylation sites (tertiary alicyclic amines) is 1. The van der Waals surface area contributed by atoms with Gasteiger partial charge in [0, 0.05) is 23.6 Å². The van der Waals surface area contributed by atoms with Crippen molar-refractivity contribution in [1.82, 2.24) is 14.9 Å². The smallest absolute Gasteiger partial charge is 0.264 e. The lowest BCUT2D eigenvalue weighted by Gasteiger charge is -2.36. The van der Waals surface area contributed by atoms with Gasteiger partial charge in [0.2, 0.25) is 0 Å². The molecule has 30 heavy (non-hydrogen) atoms. The average Bonchev–Trinajstić information content (AvgIpc) is 3.39. The number of carbonyl (C=O) groups is 1. The van der Waals surface area contributed by atoms with Gasteiger partial charge in [-0.25, -0.2) is 9.37 Å². The van der Waals surface area contributed by atoms with Gasteiger partial charge in [-0.1, -0.05) is 37.3 Å². The fourth-order valence-corrected chi connectivity index (χ4v) is 4.58. The van der Waals surface area contributed by atoms with Crippen LogP contribution < -0.4 is 4.74 Å². The fraction of sp³-hybridized carbons (Fsp3) is 0.333. The molecule has 1 fully saturated rings. The van der Waals surface area contributed by atoms with Crippen LogP contribution in [0.5, 0.6) is 5.75 Å². The standard InChI is InChI=1S/C24H24FN3O2/c1-15-18-9-2-3-11-21(18)30-22(15)24(29)28-12-5-4-10-20(28)23-26-14-19(27-23)16-7-6-8-17(25)13-16/h2-3,6-9,11,13-15,20,22H,4-5,10,12H2,1H3,(H,26,27). The number of benzene rings is 2. The zero-order valence-corrected chi connectivity index (χ0v) is 16.8. The van der Waals surface area contributed by atoms with Crippen molar-refractivity contribution in [2.24, 2.45) is 0 Å². The third-order valence-electron chi connectivity index (χ3n) is 6.19. The molecule has 2 aliphatic rings. The lowest BCUT2D eigenvalue weighted by atomic mass is 9.94. The molecule has 3 heterocycles. The molecule has 1 saturated heterocycles. The largest absolute Gasteiger partial charge is 0.480 e. The molecule has 154 valence electrons. The van der Waals surface area contributed by atoms with Gasteiger partial charge in [-0.3, -0.25) is 4.79 Å². The molecular weight excluding hydrogens is 381 g/mol. The van der Waals surface area contributed by atoms with Crippen molar-refractivity contribution >= 4 is 5.91 Å². The Kier molecular flexibility index (Phi) is 4.77. The highest BCUT2D eigenvalue weighted by Gasteiger charge is 2.41. The van der Waals surface area contributed by atoms with E-state index in [1.807, 2.05) is 42.2 Å². The Balaban J connectivity index is 1.40. The summed E-state index contributed by atoms with van der Waals surface area (Å²) in [5.41, 5.74) is 2.57. The number of ether oxygens (including phenoxy) is 1. The minimum atomic E-state index is -0.513. The Labute approximate surface area is 174 Å². The maximum absolute atomic E-state index is 13.6. The van der Waals surface area contributed by atoms with E-state index in [2.05, 4.69) is 9.97 Å². The number of fused-ring (bicyclic) bond motifs is 1. The fourth-order valence-electron chi connectivity index (χ4n) is 4.58. The van der Waals surface area contributed by atoms with Crippen LogP contribution in [0.4, 0.5) is 4.39 Å². The summed E-state index contributed by atoms with van der Waals surface area (Å²) in [6.07, 6.45) is 4.04. The van der Waals surface area contributed by atoms with Crippen LogP contribution in [-0.4, -0.2) is 33.4 Å². The number of aromatic amines is 1. The van der Waals surface area contributed by atoms with Crippen LogP contribution in [0.25, 0.3) is 11.3 Å². The second-order valence-electron chi connectivity index (χ2n) is 8.10. The molecule has 0 radical (unpaired) electrons. The van der Waals surface area contributed by atoms with Crippen molar-refractivity contribution in [3.8, 4) is 17.0 Å². The van der Waals surface area contributed by atoms with Gasteiger partial charge in [-0.15, -0.1) is 0 Å². The summed E-state index contributed by atoms with van der Waals surface area (Å²) < 4.78 is 19.6. The van der Waals surface area contributed by atoms with Crippen LogP contribution in [0.15, 0.2) is 54.7 Å². The zero-order chi connectivity index (χ0) is 20.7. The molecule has 5 rings (SSSR count).